The minimum absolute atomic E-state index is 0.0211. The molecule has 52 heavy (non-hydrogen) atoms. The molecule has 1 aliphatic rings. The summed E-state index contributed by atoms with van der Waals surface area (Å²) < 4.78 is 0. The van der Waals surface area contributed by atoms with Crippen molar-refractivity contribution in [3.8, 4) is 0 Å². The number of nitrogens with zero attached hydrogens (tertiary/aromatic N) is 2. The number of aliphatic hydroxyl groups excluding tert-OH is 1. The molecule has 1 rings (SSSR count). The maximum absolute atomic E-state index is 13.5. The number of carboxylic acids is 1. The molecule has 1 fully saturated rings. The van der Waals surface area contributed by atoms with Crippen LogP contribution in [0.5, 0.6) is 0 Å². The third-order valence-corrected chi connectivity index (χ3v) is 8.05. The van der Waals surface area contributed by atoms with E-state index < -0.39 is 96.2 Å². The van der Waals surface area contributed by atoms with Gasteiger partial charge in [0.2, 0.25) is 41.4 Å². The summed E-state index contributed by atoms with van der Waals surface area (Å²) in [6.45, 7) is 5.96. The number of rotatable bonds is 22. The lowest BCUT2D eigenvalue weighted by molar-refractivity contribution is -0.145. The number of hydrogen-bond donors (Lipinski definition) is 11. The lowest BCUT2D eigenvalue weighted by Crippen LogP contribution is -2.61. The van der Waals surface area contributed by atoms with Crippen LogP contribution in [0.3, 0.4) is 0 Å². The van der Waals surface area contributed by atoms with Gasteiger partial charge in [-0.25, -0.2) is 4.79 Å². The molecular weight excluding hydrogens is 686 g/mol. The van der Waals surface area contributed by atoms with Crippen molar-refractivity contribution in [1.82, 2.24) is 31.5 Å². The average molecular weight is 742 g/mol. The first-order valence-corrected chi connectivity index (χ1v) is 17.0. The Labute approximate surface area is 301 Å². The van der Waals surface area contributed by atoms with E-state index >= 15 is 0 Å². The molecule has 294 valence electrons. The number of aliphatic carboxylic acids is 1. The van der Waals surface area contributed by atoms with Gasteiger partial charge in [-0.2, -0.15) is 0 Å². The van der Waals surface area contributed by atoms with Gasteiger partial charge >= 0.3 is 5.97 Å². The molecule has 0 bridgehead atoms. The Hall–Kier alpha value is -5.05. The van der Waals surface area contributed by atoms with E-state index in [9.17, 15) is 48.6 Å². The number of nitrogens with two attached hydrogens (primary N) is 4. The number of aliphatic hydroxyl groups is 1. The van der Waals surface area contributed by atoms with E-state index in [1.807, 2.05) is 13.8 Å². The molecule has 0 spiro atoms. The van der Waals surface area contributed by atoms with Crippen molar-refractivity contribution < 1.29 is 48.6 Å². The molecule has 15 N–H and O–H groups in total. The lowest BCUT2D eigenvalue weighted by atomic mass is 10.0. The molecular formula is C31H55N11O10. The van der Waals surface area contributed by atoms with Gasteiger partial charge in [0, 0.05) is 19.5 Å². The molecule has 1 saturated heterocycles. The SMILES string of the molecule is CC(C)C[C@H](NC(=O)[C@@H]1CCCN1C(=O)[C@H](C)NC(=O)[C@H](CCCN=C(N)N)NC(=O)[C@@H](NC(=O)[C@H](CCC(N)=O)NC(=O)CN)[C@@H](C)O)C(=O)O. The highest BCUT2D eigenvalue weighted by molar-refractivity contribution is 5.97. The Balaban J connectivity index is 3.15. The molecule has 0 radical (unpaired) electrons. The van der Waals surface area contributed by atoms with Gasteiger partial charge in [0.05, 0.1) is 12.6 Å². The Morgan fingerprint density at radius 3 is 1.98 bits per heavy atom. The second-order valence-corrected chi connectivity index (χ2v) is 13.0. The van der Waals surface area contributed by atoms with Crippen LogP contribution in [-0.4, -0.2) is 130 Å². The van der Waals surface area contributed by atoms with Crippen molar-refractivity contribution in [1.29, 1.82) is 0 Å². The van der Waals surface area contributed by atoms with Crippen molar-refractivity contribution in [2.45, 2.75) is 115 Å². The minimum Gasteiger partial charge on any atom is -0.480 e. The van der Waals surface area contributed by atoms with Gasteiger partial charge in [-0.05, 0) is 58.3 Å². The molecule has 0 aromatic rings. The molecule has 21 nitrogen and oxygen atoms in total. The van der Waals surface area contributed by atoms with Gasteiger partial charge in [-0.15, -0.1) is 0 Å². The van der Waals surface area contributed by atoms with Crippen LogP contribution in [-0.2, 0) is 38.4 Å². The van der Waals surface area contributed by atoms with Crippen molar-refractivity contribution in [2.24, 2.45) is 33.8 Å². The second-order valence-electron chi connectivity index (χ2n) is 13.0. The number of primary amides is 1. The maximum Gasteiger partial charge on any atom is 0.326 e. The maximum atomic E-state index is 13.5. The summed E-state index contributed by atoms with van der Waals surface area (Å²) in [6.07, 6.45) is -1.02. The first kappa shape index (κ1) is 45.0. The predicted molar refractivity (Wildman–Crippen MR) is 186 cm³/mol. The summed E-state index contributed by atoms with van der Waals surface area (Å²) in [7, 11) is 0. The molecule has 0 aromatic carbocycles. The predicted octanol–water partition coefficient (Wildman–Crippen LogP) is -4.79. The van der Waals surface area contributed by atoms with Crippen molar-refractivity contribution in [3.05, 3.63) is 0 Å². The van der Waals surface area contributed by atoms with Crippen LogP contribution in [0.25, 0.3) is 0 Å². The van der Waals surface area contributed by atoms with Crippen LogP contribution in [0.2, 0.25) is 0 Å². The number of nitrogens with one attached hydrogen (secondary N) is 5. The molecule has 0 aliphatic carbocycles. The number of aliphatic imine (C=N–C) groups is 1. The van der Waals surface area contributed by atoms with Crippen molar-refractivity contribution in [3.63, 3.8) is 0 Å². The van der Waals surface area contributed by atoms with Gasteiger partial charge < -0.3 is 64.6 Å². The van der Waals surface area contributed by atoms with E-state index in [2.05, 4.69) is 31.6 Å². The van der Waals surface area contributed by atoms with Crippen LogP contribution < -0.4 is 49.5 Å². The summed E-state index contributed by atoms with van der Waals surface area (Å²) in [5.41, 5.74) is 21.2. The highest BCUT2D eigenvalue weighted by Gasteiger charge is 2.39. The quantitative estimate of drug-likeness (QED) is 0.0282. The van der Waals surface area contributed by atoms with Crippen molar-refractivity contribution in [2.75, 3.05) is 19.6 Å². The fourth-order valence-corrected chi connectivity index (χ4v) is 5.39. The summed E-state index contributed by atoms with van der Waals surface area (Å²) in [5, 5.41) is 32.1. The Bertz CT molecular complexity index is 1320. The molecule has 0 saturated carbocycles. The van der Waals surface area contributed by atoms with Gasteiger partial charge in [-0.1, -0.05) is 13.8 Å². The van der Waals surface area contributed by atoms with E-state index in [-0.39, 0.29) is 63.5 Å². The minimum atomic E-state index is -1.65. The normalized spacial score (nSPS) is 17.4. The van der Waals surface area contributed by atoms with E-state index in [0.29, 0.717) is 6.42 Å². The number of amides is 7. The van der Waals surface area contributed by atoms with Crippen LogP contribution >= 0.6 is 0 Å². The topological polar surface area (TPSA) is 357 Å². The van der Waals surface area contributed by atoms with Crippen LogP contribution in [0.4, 0.5) is 0 Å². The smallest absolute Gasteiger partial charge is 0.326 e. The standard InChI is InChI=1S/C31H55N11O10/c1-15(2)13-20(30(51)52)40-27(48)21-8-6-12-42(21)29(50)16(3)37-25(46)18(7-5-11-36-31(34)35)39-28(49)24(17(4)43)41-26(47)19(9-10-22(33)44)38-23(45)14-32/h15-21,24,43H,5-14,32H2,1-4H3,(H2,33,44)(H,37,46)(H,38,45)(H,39,49)(H,40,48)(H,41,47)(H,51,52)(H4,34,35,36)/t16-,17+,18-,19-,20-,21-,24-/m0/s1. The molecule has 7 amide bonds. The largest absolute Gasteiger partial charge is 0.480 e. The Morgan fingerprint density at radius 1 is 0.827 bits per heavy atom. The lowest BCUT2D eigenvalue weighted by Gasteiger charge is -2.30. The van der Waals surface area contributed by atoms with Crippen LogP contribution in [0.1, 0.15) is 72.6 Å². The molecule has 1 aliphatic heterocycles. The average Bonchev–Trinajstić information content (AvgIpc) is 3.55. The fourth-order valence-electron chi connectivity index (χ4n) is 5.39. The number of likely N-dealkylation sites (tertiary alicyclic amines) is 1. The van der Waals surface area contributed by atoms with Gasteiger partial charge in [0.25, 0.3) is 0 Å². The summed E-state index contributed by atoms with van der Waals surface area (Å²) in [4.78, 5) is 107. The molecule has 1 heterocycles. The fraction of sp³-hybridized carbons (Fsp3) is 0.710. The second kappa shape index (κ2) is 22.0. The molecule has 0 unspecified atom stereocenters. The number of carboxylic acid groups (broad SMARTS) is 1. The molecule has 7 atom stereocenters. The monoisotopic (exact) mass is 741 g/mol. The summed E-state index contributed by atoms with van der Waals surface area (Å²) >= 11 is 0. The number of hydrogen-bond acceptors (Lipinski definition) is 11. The number of carbonyl (C=O) groups is 8. The number of guanidine groups is 1. The summed E-state index contributed by atoms with van der Waals surface area (Å²) in [6, 6.07) is -7.65. The summed E-state index contributed by atoms with van der Waals surface area (Å²) in [5.74, 6) is -6.96. The van der Waals surface area contributed by atoms with E-state index in [1.54, 1.807) is 0 Å². The van der Waals surface area contributed by atoms with Gasteiger partial charge in [0.1, 0.15) is 36.3 Å². The van der Waals surface area contributed by atoms with E-state index in [1.165, 1.54) is 18.7 Å². The number of carbonyl (C=O) groups excluding carboxylic acids is 7. The molecule has 0 aromatic heterocycles. The highest BCUT2D eigenvalue weighted by atomic mass is 16.4. The zero-order valence-electron chi connectivity index (χ0n) is 30.1. The van der Waals surface area contributed by atoms with Gasteiger partial charge in [0.15, 0.2) is 5.96 Å². The third kappa shape index (κ3) is 15.5. The zero-order valence-corrected chi connectivity index (χ0v) is 30.1. The third-order valence-electron chi connectivity index (χ3n) is 8.05. The first-order valence-electron chi connectivity index (χ1n) is 17.0. The van der Waals surface area contributed by atoms with E-state index in [0.717, 1.165) is 0 Å². The molecule has 21 heteroatoms. The van der Waals surface area contributed by atoms with Crippen molar-refractivity contribution >= 4 is 53.3 Å². The van der Waals surface area contributed by atoms with Gasteiger partial charge in [-0.3, -0.25) is 38.6 Å². The first-order chi connectivity index (χ1) is 24.3. The van der Waals surface area contributed by atoms with E-state index in [4.69, 9.17) is 22.9 Å². The highest BCUT2D eigenvalue weighted by Crippen LogP contribution is 2.19. The Morgan fingerprint density at radius 2 is 1.44 bits per heavy atom. The Kier molecular flexibility index (Phi) is 19.0. The van der Waals surface area contributed by atoms with Crippen LogP contribution in [0, 0.1) is 5.92 Å². The van der Waals surface area contributed by atoms with Crippen LogP contribution in [0.15, 0.2) is 4.99 Å². The zero-order chi connectivity index (χ0) is 39.7.